The van der Waals surface area contributed by atoms with Crippen molar-refractivity contribution in [2.75, 3.05) is 105 Å². The van der Waals surface area contributed by atoms with Gasteiger partial charge in [-0.1, -0.05) is 13.8 Å². The Balaban J connectivity index is 2.96. The van der Waals surface area contributed by atoms with Gasteiger partial charge >= 0.3 is 0 Å². The van der Waals surface area contributed by atoms with Crippen LogP contribution in [0.3, 0.4) is 0 Å². The molecule has 0 fully saturated rings. The normalized spacial score (nSPS) is 11.4. The van der Waals surface area contributed by atoms with Crippen molar-refractivity contribution < 1.29 is 0 Å². The van der Waals surface area contributed by atoms with Gasteiger partial charge in [0.2, 0.25) is 0 Å². The Bertz CT molecular complexity index is 243. The SMILES string of the molecule is CCCNCCNCCNCCNCCNCCNCCNCCCNCC. The number of rotatable bonds is 25. The van der Waals surface area contributed by atoms with E-state index in [1.165, 1.54) is 12.8 Å². The van der Waals surface area contributed by atoms with Gasteiger partial charge in [0, 0.05) is 78.5 Å². The molecule has 170 valence electrons. The Morgan fingerprint density at radius 1 is 0.321 bits per heavy atom. The highest BCUT2D eigenvalue weighted by atomic mass is 15.0. The van der Waals surface area contributed by atoms with Crippen LogP contribution in [0.2, 0.25) is 0 Å². The van der Waals surface area contributed by atoms with E-state index in [1.807, 2.05) is 0 Å². The van der Waals surface area contributed by atoms with Gasteiger partial charge in [0.25, 0.3) is 0 Å². The average Bonchev–Trinajstić information content (AvgIpc) is 2.71. The Morgan fingerprint density at radius 2 is 0.607 bits per heavy atom. The Kier molecular flexibility index (Phi) is 26.4. The molecular formula is C20H50N8. The van der Waals surface area contributed by atoms with Gasteiger partial charge in [0.15, 0.2) is 0 Å². The summed E-state index contributed by atoms with van der Waals surface area (Å²) in [5.74, 6) is 0. The minimum absolute atomic E-state index is 1.02. The van der Waals surface area contributed by atoms with Crippen LogP contribution in [0.5, 0.6) is 0 Å². The second kappa shape index (κ2) is 26.7. The topological polar surface area (TPSA) is 96.2 Å². The van der Waals surface area contributed by atoms with Gasteiger partial charge in [-0.2, -0.15) is 0 Å². The molecule has 0 saturated carbocycles. The lowest BCUT2D eigenvalue weighted by Gasteiger charge is -2.09. The third-order valence-corrected chi connectivity index (χ3v) is 4.26. The first-order valence-electron chi connectivity index (χ1n) is 11.6. The molecule has 0 amide bonds. The maximum atomic E-state index is 3.46. The van der Waals surface area contributed by atoms with Gasteiger partial charge in [0.05, 0.1) is 0 Å². The highest BCUT2D eigenvalue weighted by molar-refractivity contribution is 4.59. The first-order chi connectivity index (χ1) is 13.9. The molecular weight excluding hydrogens is 352 g/mol. The molecule has 0 aliphatic carbocycles. The maximum Gasteiger partial charge on any atom is 0.00772 e. The van der Waals surface area contributed by atoms with Gasteiger partial charge in [-0.3, -0.25) is 0 Å². The summed E-state index contributed by atoms with van der Waals surface area (Å²) in [7, 11) is 0. The summed E-state index contributed by atoms with van der Waals surface area (Å²) >= 11 is 0. The highest BCUT2D eigenvalue weighted by Crippen LogP contribution is 1.72. The fourth-order valence-corrected chi connectivity index (χ4v) is 2.63. The largest absolute Gasteiger partial charge is 0.317 e. The zero-order valence-corrected chi connectivity index (χ0v) is 18.7. The summed E-state index contributed by atoms with van der Waals surface area (Å²) in [5.41, 5.74) is 0. The minimum atomic E-state index is 1.02. The number of hydrogen-bond acceptors (Lipinski definition) is 8. The van der Waals surface area contributed by atoms with Gasteiger partial charge in [-0.05, 0) is 39.0 Å². The van der Waals surface area contributed by atoms with Crippen molar-refractivity contribution in [3.05, 3.63) is 0 Å². The highest BCUT2D eigenvalue weighted by Gasteiger charge is 1.92. The molecule has 8 N–H and O–H groups in total. The van der Waals surface area contributed by atoms with Gasteiger partial charge in [-0.25, -0.2) is 0 Å². The lowest BCUT2D eigenvalue weighted by atomic mass is 10.4. The van der Waals surface area contributed by atoms with Crippen LogP contribution in [0.25, 0.3) is 0 Å². The molecule has 0 rings (SSSR count). The van der Waals surface area contributed by atoms with Crippen LogP contribution in [0.15, 0.2) is 0 Å². The predicted octanol–water partition coefficient (Wildman–Crippen LogP) is -1.48. The molecule has 8 nitrogen and oxygen atoms in total. The Hall–Kier alpha value is -0.320. The third-order valence-electron chi connectivity index (χ3n) is 4.26. The maximum absolute atomic E-state index is 3.46. The molecule has 0 atom stereocenters. The first kappa shape index (κ1) is 27.7. The van der Waals surface area contributed by atoms with Crippen molar-refractivity contribution in [3.8, 4) is 0 Å². The third kappa shape index (κ3) is 25.7. The molecule has 0 saturated heterocycles. The van der Waals surface area contributed by atoms with Crippen molar-refractivity contribution in [2.24, 2.45) is 0 Å². The monoisotopic (exact) mass is 402 g/mol. The second-order valence-corrected chi connectivity index (χ2v) is 6.96. The summed E-state index contributed by atoms with van der Waals surface area (Å²) in [4.78, 5) is 0. The molecule has 0 unspecified atom stereocenters. The molecule has 0 spiro atoms. The smallest absolute Gasteiger partial charge is 0.00772 e. The second-order valence-electron chi connectivity index (χ2n) is 6.96. The Morgan fingerprint density at radius 3 is 0.929 bits per heavy atom. The summed E-state index contributed by atoms with van der Waals surface area (Å²) in [6, 6.07) is 0. The fourth-order valence-electron chi connectivity index (χ4n) is 2.63. The predicted molar refractivity (Wildman–Crippen MR) is 124 cm³/mol. The zero-order valence-electron chi connectivity index (χ0n) is 18.7. The fraction of sp³-hybridized carbons (Fsp3) is 1.00. The van der Waals surface area contributed by atoms with E-state index in [0.29, 0.717) is 0 Å². The molecule has 0 aliphatic rings. The van der Waals surface area contributed by atoms with E-state index in [0.717, 1.165) is 105 Å². The average molecular weight is 403 g/mol. The van der Waals surface area contributed by atoms with E-state index in [4.69, 9.17) is 0 Å². The van der Waals surface area contributed by atoms with Crippen molar-refractivity contribution in [3.63, 3.8) is 0 Å². The molecule has 28 heavy (non-hydrogen) atoms. The molecule has 0 radical (unpaired) electrons. The van der Waals surface area contributed by atoms with Crippen molar-refractivity contribution >= 4 is 0 Å². The van der Waals surface area contributed by atoms with Crippen LogP contribution in [-0.2, 0) is 0 Å². The summed E-state index contributed by atoms with van der Waals surface area (Å²) < 4.78 is 0. The molecule has 0 bridgehead atoms. The molecule has 0 heterocycles. The van der Waals surface area contributed by atoms with Crippen LogP contribution in [0, 0.1) is 0 Å². The molecule has 0 aromatic heterocycles. The van der Waals surface area contributed by atoms with Crippen LogP contribution < -0.4 is 42.5 Å². The number of hydrogen-bond donors (Lipinski definition) is 8. The van der Waals surface area contributed by atoms with Crippen molar-refractivity contribution in [2.45, 2.75) is 26.7 Å². The molecule has 0 aromatic carbocycles. The minimum Gasteiger partial charge on any atom is -0.317 e. The standard InChI is InChI=1S/C20H50N8/c1-3-6-22-9-11-24-13-15-26-17-19-28-20-18-27-16-14-25-12-10-23-8-5-7-21-4-2/h21-28H,3-20H2,1-2H3. The van der Waals surface area contributed by atoms with E-state index in [9.17, 15) is 0 Å². The van der Waals surface area contributed by atoms with Gasteiger partial charge < -0.3 is 42.5 Å². The van der Waals surface area contributed by atoms with E-state index >= 15 is 0 Å². The van der Waals surface area contributed by atoms with Gasteiger partial charge in [0.1, 0.15) is 0 Å². The summed E-state index contributed by atoms with van der Waals surface area (Å²) in [5, 5.41) is 27.4. The van der Waals surface area contributed by atoms with Crippen LogP contribution in [0.4, 0.5) is 0 Å². The van der Waals surface area contributed by atoms with E-state index < -0.39 is 0 Å². The zero-order chi connectivity index (χ0) is 20.4. The lowest BCUT2D eigenvalue weighted by molar-refractivity contribution is 0.545. The Labute approximate surface area is 174 Å². The van der Waals surface area contributed by atoms with Crippen LogP contribution in [0.1, 0.15) is 26.7 Å². The van der Waals surface area contributed by atoms with Gasteiger partial charge in [-0.15, -0.1) is 0 Å². The molecule has 0 aromatic rings. The molecule has 0 aliphatic heterocycles. The molecule has 8 heteroatoms. The van der Waals surface area contributed by atoms with Crippen molar-refractivity contribution in [1.29, 1.82) is 0 Å². The number of nitrogens with one attached hydrogen (secondary N) is 8. The first-order valence-corrected chi connectivity index (χ1v) is 11.6. The van der Waals surface area contributed by atoms with Crippen LogP contribution >= 0.6 is 0 Å². The quantitative estimate of drug-likeness (QED) is 0.0877. The van der Waals surface area contributed by atoms with E-state index in [2.05, 4.69) is 56.4 Å². The van der Waals surface area contributed by atoms with Crippen LogP contribution in [-0.4, -0.2) is 105 Å². The van der Waals surface area contributed by atoms with E-state index in [-0.39, 0.29) is 0 Å². The summed E-state index contributed by atoms with van der Waals surface area (Å²) in [6.07, 6.45) is 2.40. The van der Waals surface area contributed by atoms with Crippen molar-refractivity contribution in [1.82, 2.24) is 42.5 Å². The van der Waals surface area contributed by atoms with E-state index in [1.54, 1.807) is 0 Å². The lowest BCUT2D eigenvalue weighted by Crippen LogP contribution is -2.38. The summed E-state index contributed by atoms with van der Waals surface area (Å²) in [6.45, 7) is 21.2.